The van der Waals surface area contributed by atoms with E-state index in [2.05, 4.69) is 19.9 Å². The highest BCUT2D eigenvalue weighted by Gasteiger charge is 2.23. The molecular weight excluding hydrogens is 444 g/mol. The van der Waals surface area contributed by atoms with Gasteiger partial charge in [-0.05, 0) is 77.8 Å². The number of benzene rings is 2. The van der Waals surface area contributed by atoms with E-state index < -0.39 is 11.6 Å². The van der Waals surface area contributed by atoms with Crippen molar-refractivity contribution < 1.29 is 23.4 Å². The molecule has 0 radical (unpaired) electrons. The molecule has 0 fully saturated rings. The van der Waals surface area contributed by atoms with Crippen LogP contribution in [-0.4, -0.2) is 18.7 Å². The van der Waals surface area contributed by atoms with Crippen LogP contribution in [0.3, 0.4) is 0 Å². The molecule has 3 rings (SSSR count). The Hall–Kier alpha value is -3.80. The van der Waals surface area contributed by atoms with Crippen LogP contribution in [0, 0.1) is 0 Å². The van der Waals surface area contributed by atoms with E-state index in [0.717, 1.165) is 18.4 Å². The van der Waals surface area contributed by atoms with Crippen LogP contribution in [0.5, 0.6) is 17.2 Å². The van der Waals surface area contributed by atoms with Crippen LogP contribution < -0.4 is 19.8 Å². The lowest BCUT2D eigenvalue weighted by Gasteiger charge is -2.15. The second-order valence-electron chi connectivity index (χ2n) is 8.78. The molecule has 1 heterocycles. The third-order valence-electron chi connectivity index (χ3n) is 5.13. The molecule has 6 nitrogen and oxygen atoms in total. The average molecular weight is 477 g/mol. The maximum atomic E-state index is 13.0. The lowest BCUT2D eigenvalue weighted by Crippen LogP contribution is -2.15. The molecule has 0 N–H and O–H groups in total. The minimum Gasteiger partial charge on any atom is -0.487 e. The highest BCUT2D eigenvalue weighted by atomic mass is 16.6. The Labute approximate surface area is 205 Å². The van der Waals surface area contributed by atoms with E-state index in [0.29, 0.717) is 16.7 Å². The molecule has 0 aliphatic carbocycles. The smallest absolute Gasteiger partial charge is 0.383 e. The molecule has 0 unspecified atom stereocenters. The van der Waals surface area contributed by atoms with Crippen molar-refractivity contribution >= 4 is 16.9 Å². The summed E-state index contributed by atoms with van der Waals surface area (Å²) >= 11 is 0. The molecule has 184 valence electrons. The number of fused-ring (bicyclic) bond motifs is 1. The standard InChI is InChI=1S/C29H32O6/c1-19(2)11-9-12-21(5)17-18-32-27-26(35-28(30)22-13-7-6-8-14-22)23-15-10-16-24(33-20(3)4)25(23)34-29(27)31/h6-8,10-11,13-17,20H,9,12,18H2,1-5H3. The van der Waals surface area contributed by atoms with E-state index in [9.17, 15) is 9.59 Å². The van der Waals surface area contributed by atoms with Gasteiger partial charge in [0, 0.05) is 0 Å². The van der Waals surface area contributed by atoms with E-state index in [1.807, 2.05) is 26.8 Å². The fraction of sp³-hybridized carbons (Fsp3) is 0.310. The minimum atomic E-state index is -0.747. The number of esters is 1. The monoisotopic (exact) mass is 476 g/mol. The molecule has 1 aromatic heterocycles. The summed E-state index contributed by atoms with van der Waals surface area (Å²) in [5, 5.41) is 0.409. The third-order valence-corrected chi connectivity index (χ3v) is 5.13. The van der Waals surface area contributed by atoms with Gasteiger partial charge in [0.2, 0.25) is 5.75 Å². The summed E-state index contributed by atoms with van der Waals surface area (Å²) in [6, 6.07) is 13.7. The maximum absolute atomic E-state index is 13.0. The van der Waals surface area contributed by atoms with E-state index in [1.165, 1.54) is 5.57 Å². The molecule has 35 heavy (non-hydrogen) atoms. The molecule has 0 aliphatic rings. The van der Waals surface area contributed by atoms with Crippen molar-refractivity contribution in [3.05, 3.63) is 87.8 Å². The summed E-state index contributed by atoms with van der Waals surface area (Å²) in [6.07, 6.45) is 5.75. The first-order valence-electron chi connectivity index (χ1n) is 11.7. The quantitative estimate of drug-likeness (QED) is 0.181. The second-order valence-corrected chi connectivity index (χ2v) is 8.78. The van der Waals surface area contributed by atoms with E-state index >= 15 is 0 Å². The molecule has 0 aliphatic heterocycles. The fourth-order valence-electron chi connectivity index (χ4n) is 3.41. The summed E-state index contributed by atoms with van der Waals surface area (Å²) in [5.41, 5.74) is 2.20. The highest BCUT2D eigenvalue weighted by Crippen LogP contribution is 2.37. The molecule has 0 amide bonds. The van der Waals surface area contributed by atoms with Gasteiger partial charge in [0.15, 0.2) is 17.1 Å². The van der Waals surface area contributed by atoms with Gasteiger partial charge in [0.25, 0.3) is 0 Å². The number of carbonyl (C=O) groups excluding carboxylic acids is 1. The van der Waals surface area contributed by atoms with Gasteiger partial charge in [-0.3, -0.25) is 0 Å². The number of hydrogen-bond acceptors (Lipinski definition) is 6. The number of para-hydroxylation sites is 1. The third kappa shape index (κ3) is 7.09. The van der Waals surface area contributed by atoms with Gasteiger partial charge in [0.1, 0.15) is 6.61 Å². The van der Waals surface area contributed by atoms with Crippen molar-refractivity contribution in [2.75, 3.05) is 6.61 Å². The van der Waals surface area contributed by atoms with Crippen molar-refractivity contribution in [2.45, 2.75) is 53.6 Å². The Kier molecular flexibility index (Phi) is 8.90. The summed E-state index contributed by atoms with van der Waals surface area (Å²) in [4.78, 5) is 25.8. The second kappa shape index (κ2) is 12.1. The number of ether oxygens (including phenoxy) is 3. The highest BCUT2D eigenvalue weighted by molar-refractivity contribution is 5.96. The molecule has 0 atom stereocenters. The van der Waals surface area contributed by atoms with E-state index in [-0.39, 0.29) is 29.8 Å². The Morgan fingerprint density at radius 1 is 0.971 bits per heavy atom. The normalized spacial score (nSPS) is 11.4. The summed E-state index contributed by atoms with van der Waals surface area (Å²) in [6.45, 7) is 10.0. The summed E-state index contributed by atoms with van der Waals surface area (Å²) in [7, 11) is 0. The molecule has 3 aromatic rings. The molecular formula is C29H32O6. The first-order chi connectivity index (χ1) is 16.8. The molecule has 0 saturated heterocycles. The minimum absolute atomic E-state index is 0.00917. The van der Waals surface area contributed by atoms with Crippen molar-refractivity contribution in [1.29, 1.82) is 0 Å². The zero-order valence-electron chi connectivity index (χ0n) is 20.9. The number of hydrogen-bond donors (Lipinski definition) is 0. The van der Waals surface area contributed by atoms with Crippen LogP contribution in [0.15, 0.2) is 81.0 Å². The van der Waals surface area contributed by atoms with Crippen molar-refractivity contribution in [3.63, 3.8) is 0 Å². The van der Waals surface area contributed by atoms with Crippen LogP contribution in [0.4, 0.5) is 0 Å². The van der Waals surface area contributed by atoms with Gasteiger partial charge < -0.3 is 18.6 Å². The van der Waals surface area contributed by atoms with Gasteiger partial charge in [-0.2, -0.15) is 0 Å². The van der Waals surface area contributed by atoms with Gasteiger partial charge in [-0.1, -0.05) is 41.5 Å². The van der Waals surface area contributed by atoms with Crippen molar-refractivity contribution in [1.82, 2.24) is 0 Å². The van der Waals surface area contributed by atoms with Crippen molar-refractivity contribution in [2.24, 2.45) is 0 Å². The molecule has 0 spiro atoms. The van der Waals surface area contributed by atoms with Gasteiger partial charge in [0.05, 0.1) is 17.1 Å². The van der Waals surface area contributed by atoms with Gasteiger partial charge in [-0.15, -0.1) is 0 Å². The molecule has 2 aromatic carbocycles. The number of carbonyl (C=O) groups is 1. The average Bonchev–Trinajstić information content (AvgIpc) is 2.81. The Balaban J connectivity index is 1.98. The first-order valence-corrected chi connectivity index (χ1v) is 11.7. The Bertz CT molecular complexity index is 1280. The predicted molar refractivity (Wildman–Crippen MR) is 138 cm³/mol. The van der Waals surface area contributed by atoms with Gasteiger partial charge >= 0.3 is 11.6 Å². The van der Waals surface area contributed by atoms with Crippen LogP contribution in [0.25, 0.3) is 11.0 Å². The lowest BCUT2D eigenvalue weighted by atomic mass is 10.1. The predicted octanol–water partition coefficient (Wildman–Crippen LogP) is 6.87. The first kappa shape index (κ1) is 25.8. The largest absolute Gasteiger partial charge is 0.487 e. The fourth-order valence-corrected chi connectivity index (χ4v) is 3.41. The zero-order chi connectivity index (χ0) is 25.4. The van der Waals surface area contributed by atoms with E-state index in [4.69, 9.17) is 18.6 Å². The van der Waals surface area contributed by atoms with Gasteiger partial charge in [-0.25, -0.2) is 9.59 Å². The SMILES string of the molecule is CC(C)=CCCC(C)=CCOc1c(OC(=O)c2ccccc2)c2cccc(OC(C)C)c2oc1=O. The van der Waals surface area contributed by atoms with E-state index in [1.54, 1.807) is 48.5 Å². The Morgan fingerprint density at radius 2 is 1.71 bits per heavy atom. The van der Waals surface area contributed by atoms with Crippen LogP contribution in [-0.2, 0) is 0 Å². The molecule has 0 saturated carbocycles. The topological polar surface area (TPSA) is 75.0 Å². The molecule has 0 bridgehead atoms. The van der Waals surface area contributed by atoms with Crippen LogP contribution in [0.1, 0.15) is 57.8 Å². The summed E-state index contributed by atoms with van der Waals surface area (Å²) < 4.78 is 22.9. The van der Waals surface area contributed by atoms with Crippen LogP contribution >= 0.6 is 0 Å². The summed E-state index contributed by atoms with van der Waals surface area (Å²) in [5.74, 6) is -0.370. The zero-order valence-corrected chi connectivity index (χ0v) is 20.9. The maximum Gasteiger partial charge on any atom is 0.383 e. The number of rotatable bonds is 10. The number of allylic oxidation sites excluding steroid dienone is 3. The molecule has 6 heteroatoms. The Morgan fingerprint density at radius 3 is 2.40 bits per heavy atom. The van der Waals surface area contributed by atoms with Crippen LogP contribution in [0.2, 0.25) is 0 Å². The van der Waals surface area contributed by atoms with Crippen molar-refractivity contribution in [3.8, 4) is 17.2 Å². The lowest BCUT2D eigenvalue weighted by molar-refractivity contribution is 0.0730.